The van der Waals surface area contributed by atoms with E-state index in [1.54, 1.807) is 0 Å². The zero-order chi connectivity index (χ0) is 17.8. The Morgan fingerprint density at radius 2 is 1.92 bits per heavy atom. The molecule has 2 aliphatic rings. The number of nitrogens with one attached hydrogen (secondary N) is 2. The van der Waals surface area contributed by atoms with Gasteiger partial charge in [-0.15, -0.1) is 0 Å². The second kappa shape index (κ2) is 8.03. The van der Waals surface area contributed by atoms with Crippen molar-refractivity contribution >= 4 is 11.8 Å². The van der Waals surface area contributed by atoms with Gasteiger partial charge in [0.1, 0.15) is 0 Å². The molecule has 4 atom stereocenters. The standard InChI is InChI=1S/C21H30N2O2/c1-3-14(2)23-21(25)17-7-4-15(5-8-17)13-22-20(24)12-19-11-16-6-9-18(19)10-16/h4-5,7-8,14,16,18-19H,3,6,9-13H2,1-2H3,(H,22,24)(H,23,25)/t14-,16+,18+,19-/m1/s1. The fourth-order valence-corrected chi connectivity index (χ4v) is 4.32. The summed E-state index contributed by atoms with van der Waals surface area (Å²) in [6, 6.07) is 7.68. The molecule has 1 aromatic rings. The van der Waals surface area contributed by atoms with E-state index >= 15 is 0 Å². The van der Waals surface area contributed by atoms with Gasteiger partial charge in [-0.1, -0.05) is 25.5 Å². The third-order valence-corrected chi connectivity index (χ3v) is 6.03. The smallest absolute Gasteiger partial charge is 0.251 e. The van der Waals surface area contributed by atoms with Crippen LogP contribution in [0, 0.1) is 17.8 Å². The first-order valence-corrected chi connectivity index (χ1v) is 9.71. The number of carbonyl (C=O) groups is 2. The fourth-order valence-electron chi connectivity index (χ4n) is 4.32. The minimum atomic E-state index is -0.0405. The molecular formula is C21H30N2O2. The van der Waals surface area contributed by atoms with Crippen LogP contribution in [-0.2, 0) is 11.3 Å². The lowest BCUT2D eigenvalue weighted by molar-refractivity contribution is -0.122. The van der Waals surface area contributed by atoms with Crippen LogP contribution in [0.3, 0.4) is 0 Å². The lowest BCUT2D eigenvalue weighted by atomic mass is 9.86. The van der Waals surface area contributed by atoms with Crippen molar-refractivity contribution in [1.29, 1.82) is 0 Å². The van der Waals surface area contributed by atoms with E-state index in [0.29, 0.717) is 24.4 Å². The van der Waals surface area contributed by atoms with Crippen LogP contribution in [0.25, 0.3) is 0 Å². The molecule has 0 saturated heterocycles. The highest BCUT2D eigenvalue weighted by Crippen LogP contribution is 2.49. The van der Waals surface area contributed by atoms with Gasteiger partial charge < -0.3 is 10.6 Å². The molecule has 136 valence electrons. The minimum absolute atomic E-state index is 0.0405. The topological polar surface area (TPSA) is 58.2 Å². The molecule has 4 heteroatoms. The fraction of sp³-hybridized carbons (Fsp3) is 0.619. The van der Waals surface area contributed by atoms with E-state index < -0.39 is 0 Å². The highest BCUT2D eigenvalue weighted by atomic mass is 16.2. The van der Waals surface area contributed by atoms with Crippen LogP contribution in [0.1, 0.15) is 68.3 Å². The molecule has 0 heterocycles. The molecule has 2 bridgehead atoms. The van der Waals surface area contributed by atoms with Crippen LogP contribution in [0.5, 0.6) is 0 Å². The van der Waals surface area contributed by atoms with Gasteiger partial charge in [-0.05, 0) is 68.1 Å². The van der Waals surface area contributed by atoms with Gasteiger partial charge in [0.15, 0.2) is 0 Å². The molecule has 4 nitrogen and oxygen atoms in total. The summed E-state index contributed by atoms with van der Waals surface area (Å²) in [4.78, 5) is 24.3. The molecule has 0 unspecified atom stereocenters. The zero-order valence-electron chi connectivity index (χ0n) is 15.4. The number of rotatable bonds is 7. The van der Waals surface area contributed by atoms with Gasteiger partial charge in [-0.2, -0.15) is 0 Å². The molecule has 2 saturated carbocycles. The van der Waals surface area contributed by atoms with Crippen LogP contribution in [-0.4, -0.2) is 17.9 Å². The second-order valence-corrected chi connectivity index (χ2v) is 7.90. The molecule has 0 radical (unpaired) electrons. The maximum absolute atomic E-state index is 12.2. The first kappa shape index (κ1) is 18.0. The molecule has 2 N–H and O–H groups in total. The number of hydrogen-bond donors (Lipinski definition) is 2. The van der Waals surface area contributed by atoms with Crippen LogP contribution in [0.4, 0.5) is 0 Å². The quantitative estimate of drug-likeness (QED) is 0.794. The van der Waals surface area contributed by atoms with E-state index in [0.717, 1.165) is 23.8 Å². The molecule has 2 amide bonds. The molecule has 0 aliphatic heterocycles. The van der Waals surface area contributed by atoms with E-state index in [2.05, 4.69) is 10.6 Å². The van der Waals surface area contributed by atoms with Crippen molar-refractivity contribution in [1.82, 2.24) is 10.6 Å². The summed E-state index contributed by atoms with van der Waals surface area (Å²) in [5.41, 5.74) is 1.69. The maximum atomic E-state index is 12.2. The summed E-state index contributed by atoms with van der Waals surface area (Å²) in [5, 5.41) is 6.00. The Bertz CT molecular complexity index is 611. The monoisotopic (exact) mass is 342 g/mol. The van der Waals surface area contributed by atoms with E-state index in [-0.39, 0.29) is 17.9 Å². The van der Waals surface area contributed by atoms with Crippen LogP contribution in [0.2, 0.25) is 0 Å². The van der Waals surface area contributed by atoms with E-state index in [4.69, 9.17) is 0 Å². The number of carbonyl (C=O) groups excluding carboxylic acids is 2. The van der Waals surface area contributed by atoms with Gasteiger partial charge in [-0.25, -0.2) is 0 Å². The third kappa shape index (κ3) is 4.62. The van der Waals surface area contributed by atoms with Crippen molar-refractivity contribution in [2.75, 3.05) is 0 Å². The van der Waals surface area contributed by atoms with E-state index in [9.17, 15) is 9.59 Å². The summed E-state index contributed by atoms with van der Waals surface area (Å²) < 4.78 is 0. The highest BCUT2D eigenvalue weighted by Gasteiger charge is 2.39. The van der Waals surface area contributed by atoms with Gasteiger partial charge in [0.05, 0.1) is 0 Å². The lowest BCUT2D eigenvalue weighted by Gasteiger charge is -2.20. The number of fused-ring (bicyclic) bond motifs is 2. The Hall–Kier alpha value is -1.84. The Labute approximate surface area is 150 Å². The van der Waals surface area contributed by atoms with Gasteiger partial charge in [0.25, 0.3) is 5.91 Å². The molecular weight excluding hydrogens is 312 g/mol. The average Bonchev–Trinajstić information content (AvgIpc) is 3.23. The predicted octanol–water partition coefficient (Wildman–Crippen LogP) is 3.66. The van der Waals surface area contributed by atoms with Crippen molar-refractivity contribution in [3.63, 3.8) is 0 Å². The number of amides is 2. The minimum Gasteiger partial charge on any atom is -0.352 e. The Kier molecular flexibility index (Phi) is 5.77. The molecule has 0 aromatic heterocycles. The Morgan fingerprint density at radius 1 is 1.16 bits per heavy atom. The van der Waals surface area contributed by atoms with Crippen LogP contribution in [0.15, 0.2) is 24.3 Å². The van der Waals surface area contributed by atoms with Gasteiger partial charge in [0.2, 0.25) is 5.91 Å². The highest BCUT2D eigenvalue weighted by molar-refractivity contribution is 5.94. The van der Waals surface area contributed by atoms with Gasteiger partial charge in [0, 0.05) is 24.6 Å². The maximum Gasteiger partial charge on any atom is 0.251 e. The van der Waals surface area contributed by atoms with Crippen LogP contribution < -0.4 is 10.6 Å². The number of hydrogen-bond acceptors (Lipinski definition) is 2. The Balaban J connectivity index is 1.43. The largest absolute Gasteiger partial charge is 0.352 e. The summed E-state index contributed by atoms with van der Waals surface area (Å²) in [7, 11) is 0. The second-order valence-electron chi connectivity index (χ2n) is 7.90. The van der Waals surface area contributed by atoms with Crippen molar-refractivity contribution in [3.8, 4) is 0 Å². The van der Waals surface area contributed by atoms with Crippen molar-refractivity contribution in [2.45, 2.75) is 65.0 Å². The third-order valence-electron chi connectivity index (χ3n) is 6.03. The number of benzene rings is 1. The average molecular weight is 342 g/mol. The molecule has 25 heavy (non-hydrogen) atoms. The summed E-state index contributed by atoms with van der Waals surface area (Å²) in [6.45, 7) is 4.58. The molecule has 3 rings (SSSR count). The lowest BCUT2D eigenvalue weighted by Crippen LogP contribution is -2.31. The first-order valence-electron chi connectivity index (χ1n) is 9.71. The first-order chi connectivity index (χ1) is 12.0. The molecule has 2 aliphatic carbocycles. The van der Waals surface area contributed by atoms with Crippen molar-refractivity contribution in [3.05, 3.63) is 35.4 Å². The van der Waals surface area contributed by atoms with Gasteiger partial charge in [-0.3, -0.25) is 9.59 Å². The van der Waals surface area contributed by atoms with Crippen molar-refractivity contribution in [2.24, 2.45) is 17.8 Å². The summed E-state index contributed by atoms with van der Waals surface area (Å²) >= 11 is 0. The molecule has 0 spiro atoms. The van der Waals surface area contributed by atoms with Gasteiger partial charge >= 0.3 is 0 Å². The summed E-state index contributed by atoms with van der Waals surface area (Å²) in [5.74, 6) is 2.40. The Morgan fingerprint density at radius 3 is 2.52 bits per heavy atom. The molecule has 2 fully saturated rings. The van der Waals surface area contributed by atoms with Crippen LogP contribution >= 0.6 is 0 Å². The SMILES string of the molecule is CC[C@@H](C)NC(=O)c1ccc(CNC(=O)C[C@H]2C[C@H]3CC[C@H]2C3)cc1. The van der Waals surface area contributed by atoms with Crippen molar-refractivity contribution < 1.29 is 9.59 Å². The van der Waals surface area contributed by atoms with E-state index in [1.165, 1.54) is 25.7 Å². The van der Waals surface area contributed by atoms with E-state index in [1.807, 2.05) is 38.1 Å². The normalized spacial score (nSPS) is 25.6. The predicted molar refractivity (Wildman–Crippen MR) is 99.1 cm³/mol. The molecule has 1 aromatic carbocycles. The summed E-state index contributed by atoms with van der Waals surface area (Å²) in [6.07, 6.45) is 6.88. The zero-order valence-corrected chi connectivity index (χ0v) is 15.4.